The van der Waals surface area contributed by atoms with Crippen molar-refractivity contribution in [2.45, 2.75) is 13.0 Å². The molecule has 5 nitrogen and oxygen atoms in total. The molecule has 1 aliphatic rings. The van der Waals surface area contributed by atoms with Crippen molar-refractivity contribution in [2.24, 2.45) is 5.92 Å². The van der Waals surface area contributed by atoms with Crippen LogP contribution in [0.25, 0.3) is 10.9 Å². The number of benzene rings is 2. The lowest BCUT2D eigenvalue weighted by atomic mass is 10.1. The monoisotopic (exact) mass is 367 g/mol. The summed E-state index contributed by atoms with van der Waals surface area (Å²) in [6, 6.07) is 13.3. The van der Waals surface area contributed by atoms with Gasteiger partial charge in [0, 0.05) is 30.5 Å². The molecule has 0 aliphatic carbocycles. The van der Waals surface area contributed by atoms with Gasteiger partial charge in [-0.05, 0) is 18.1 Å². The van der Waals surface area contributed by atoms with Gasteiger partial charge in [0.1, 0.15) is 12.1 Å². The quantitative estimate of drug-likeness (QED) is 0.663. The molecule has 3 aromatic rings. The molecule has 0 spiro atoms. The third-order valence-electron chi connectivity index (χ3n) is 4.94. The highest BCUT2D eigenvalue weighted by atomic mass is 19.1. The standard InChI is InChI=1S/C21H22FN3O2/c1-26-20-9-17-19(10-18(20)22)23-14-24-21(17)25-8-7-16(11-25)13-27-12-15-5-3-2-4-6-15/h2-6,9-10,14,16H,7-8,11-13H2,1H3. The van der Waals surface area contributed by atoms with Gasteiger partial charge in [0.25, 0.3) is 0 Å². The smallest absolute Gasteiger partial charge is 0.167 e. The highest BCUT2D eigenvalue weighted by Gasteiger charge is 2.25. The van der Waals surface area contributed by atoms with E-state index in [0.717, 1.165) is 30.7 Å². The number of nitrogens with zero attached hydrogens (tertiary/aromatic N) is 3. The van der Waals surface area contributed by atoms with E-state index in [0.29, 0.717) is 24.6 Å². The van der Waals surface area contributed by atoms with Gasteiger partial charge in [0.15, 0.2) is 11.6 Å². The number of anilines is 1. The minimum atomic E-state index is -0.414. The molecular weight excluding hydrogens is 345 g/mol. The summed E-state index contributed by atoms with van der Waals surface area (Å²) in [4.78, 5) is 10.9. The summed E-state index contributed by atoms with van der Waals surface area (Å²) in [5.41, 5.74) is 1.77. The molecule has 0 saturated carbocycles. The summed E-state index contributed by atoms with van der Waals surface area (Å²) in [6.07, 6.45) is 2.53. The summed E-state index contributed by atoms with van der Waals surface area (Å²) in [5.74, 6) is 1.06. The number of hydrogen-bond acceptors (Lipinski definition) is 5. The first-order valence-electron chi connectivity index (χ1n) is 9.09. The van der Waals surface area contributed by atoms with Gasteiger partial charge < -0.3 is 14.4 Å². The predicted octanol–water partition coefficient (Wildman–Crippen LogP) is 3.82. The summed E-state index contributed by atoms with van der Waals surface area (Å²) in [6.45, 7) is 3.10. The first-order valence-corrected chi connectivity index (χ1v) is 9.09. The molecule has 2 aromatic carbocycles. The van der Waals surface area contributed by atoms with Crippen LogP contribution in [-0.2, 0) is 11.3 Å². The van der Waals surface area contributed by atoms with E-state index < -0.39 is 5.82 Å². The molecule has 2 heterocycles. The van der Waals surface area contributed by atoms with Gasteiger partial charge in [-0.15, -0.1) is 0 Å². The van der Waals surface area contributed by atoms with Crippen LogP contribution in [0.4, 0.5) is 10.2 Å². The number of halogens is 1. The molecule has 4 rings (SSSR count). The molecule has 0 amide bonds. The molecule has 1 unspecified atom stereocenters. The van der Waals surface area contributed by atoms with E-state index >= 15 is 0 Å². The highest BCUT2D eigenvalue weighted by Crippen LogP contribution is 2.32. The number of methoxy groups -OCH3 is 1. The van der Waals surface area contributed by atoms with Crippen LogP contribution in [0.3, 0.4) is 0 Å². The average Bonchev–Trinajstić information content (AvgIpc) is 3.16. The van der Waals surface area contributed by atoms with Crippen LogP contribution in [0, 0.1) is 11.7 Å². The maximum Gasteiger partial charge on any atom is 0.167 e. The van der Waals surface area contributed by atoms with Crippen molar-refractivity contribution in [1.29, 1.82) is 0 Å². The second-order valence-electron chi connectivity index (χ2n) is 6.80. The number of aromatic nitrogens is 2. The Hall–Kier alpha value is -2.73. The fourth-order valence-corrected chi connectivity index (χ4v) is 3.53. The zero-order valence-electron chi connectivity index (χ0n) is 15.3. The summed E-state index contributed by atoms with van der Waals surface area (Å²) in [7, 11) is 1.46. The van der Waals surface area contributed by atoms with Crippen molar-refractivity contribution in [3.8, 4) is 5.75 Å². The minimum absolute atomic E-state index is 0.209. The van der Waals surface area contributed by atoms with Crippen LogP contribution in [0.2, 0.25) is 0 Å². The molecule has 1 fully saturated rings. The summed E-state index contributed by atoms with van der Waals surface area (Å²) >= 11 is 0. The zero-order chi connectivity index (χ0) is 18.6. The molecule has 1 aliphatic heterocycles. The van der Waals surface area contributed by atoms with E-state index in [1.807, 2.05) is 18.2 Å². The van der Waals surface area contributed by atoms with Crippen molar-refractivity contribution in [2.75, 3.05) is 31.7 Å². The van der Waals surface area contributed by atoms with E-state index in [4.69, 9.17) is 9.47 Å². The first-order chi connectivity index (χ1) is 13.2. The molecular formula is C21H22FN3O2. The Labute approximate surface area is 157 Å². The number of fused-ring (bicyclic) bond motifs is 1. The fraction of sp³-hybridized carbons (Fsp3) is 0.333. The molecule has 1 atom stereocenters. The van der Waals surface area contributed by atoms with Crippen molar-refractivity contribution < 1.29 is 13.9 Å². The lowest BCUT2D eigenvalue weighted by Crippen LogP contribution is -2.22. The van der Waals surface area contributed by atoms with Gasteiger partial charge in [-0.25, -0.2) is 14.4 Å². The van der Waals surface area contributed by atoms with E-state index in [2.05, 4.69) is 27.0 Å². The SMILES string of the molecule is COc1cc2c(N3CCC(COCc4ccccc4)C3)ncnc2cc1F. The molecule has 0 N–H and O–H groups in total. The molecule has 1 aromatic heterocycles. The normalized spacial score (nSPS) is 16.8. The van der Waals surface area contributed by atoms with E-state index in [1.54, 1.807) is 6.07 Å². The van der Waals surface area contributed by atoms with E-state index in [1.165, 1.54) is 25.1 Å². The zero-order valence-corrected chi connectivity index (χ0v) is 15.3. The maximum atomic E-state index is 14.0. The Kier molecular flexibility index (Phi) is 5.16. The second kappa shape index (κ2) is 7.88. The van der Waals surface area contributed by atoms with Gasteiger partial charge in [0.05, 0.1) is 25.8 Å². The topological polar surface area (TPSA) is 47.5 Å². The van der Waals surface area contributed by atoms with Gasteiger partial charge in [0.2, 0.25) is 0 Å². The first kappa shape index (κ1) is 17.7. The second-order valence-corrected chi connectivity index (χ2v) is 6.80. The molecule has 6 heteroatoms. The van der Waals surface area contributed by atoms with Gasteiger partial charge >= 0.3 is 0 Å². The lowest BCUT2D eigenvalue weighted by Gasteiger charge is -2.19. The summed E-state index contributed by atoms with van der Waals surface area (Å²) in [5, 5.41) is 0.807. The summed E-state index contributed by atoms with van der Waals surface area (Å²) < 4.78 is 25.0. The van der Waals surface area contributed by atoms with Crippen LogP contribution in [0.15, 0.2) is 48.8 Å². The maximum absolute atomic E-state index is 14.0. The fourth-order valence-electron chi connectivity index (χ4n) is 3.53. The Morgan fingerprint density at radius 1 is 1.19 bits per heavy atom. The third-order valence-corrected chi connectivity index (χ3v) is 4.94. The largest absolute Gasteiger partial charge is 0.494 e. The minimum Gasteiger partial charge on any atom is -0.494 e. The Morgan fingerprint density at radius 3 is 2.85 bits per heavy atom. The highest BCUT2D eigenvalue weighted by molar-refractivity contribution is 5.90. The Balaban J connectivity index is 1.44. The number of rotatable bonds is 6. The average molecular weight is 367 g/mol. The Bertz CT molecular complexity index is 920. The van der Waals surface area contributed by atoms with Crippen molar-refractivity contribution in [3.05, 3.63) is 60.2 Å². The van der Waals surface area contributed by atoms with E-state index in [-0.39, 0.29) is 5.75 Å². The van der Waals surface area contributed by atoms with Crippen LogP contribution < -0.4 is 9.64 Å². The molecule has 27 heavy (non-hydrogen) atoms. The van der Waals surface area contributed by atoms with Crippen LogP contribution in [0.1, 0.15) is 12.0 Å². The van der Waals surface area contributed by atoms with Crippen LogP contribution >= 0.6 is 0 Å². The number of ether oxygens (including phenoxy) is 2. The van der Waals surface area contributed by atoms with Gasteiger partial charge in [-0.1, -0.05) is 30.3 Å². The van der Waals surface area contributed by atoms with Gasteiger partial charge in [-0.3, -0.25) is 0 Å². The van der Waals surface area contributed by atoms with E-state index in [9.17, 15) is 4.39 Å². The van der Waals surface area contributed by atoms with Crippen molar-refractivity contribution >= 4 is 16.7 Å². The van der Waals surface area contributed by atoms with Crippen LogP contribution in [0.5, 0.6) is 5.75 Å². The predicted molar refractivity (Wildman–Crippen MR) is 102 cm³/mol. The lowest BCUT2D eigenvalue weighted by molar-refractivity contribution is 0.0929. The molecule has 0 radical (unpaired) electrons. The molecule has 1 saturated heterocycles. The molecule has 140 valence electrons. The number of hydrogen-bond donors (Lipinski definition) is 0. The van der Waals surface area contributed by atoms with Gasteiger partial charge in [-0.2, -0.15) is 0 Å². The third kappa shape index (κ3) is 3.85. The molecule has 0 bridgehead atoms. The van der Waals surface area contributed by atoms with Crippen molar-refractivity contribution in [1.82, 2.24) is 9.97 Å². The van der Waals surface area contributed by atoms with Crippen LogP contribution in [-0.4, -0.2) is 36.8 Å². The Morgan fingerprint density at radius 2 is 2.04 bits per heavy atom. The van der Waals surface area contributed by atoms with Crippen molar-refractivity contribution in [3.63, 3.8) is 0 Å².